The largest absolute Gasteiger partial charge is 0.343 e. The second-order valence-electron chi connectivity index (χ2n) is 5.98. The van der Waals surface area contributed by atoms with Gasteiger partial charge in [-0.3, -0.25) is 4.79 Å². The van der Waals surface area contributed by atoms with E-state index in [-0.39, 0.29) is 30.0 Å². The van der Waals surface area contributed by atoms with Gasteiger partial charge in [-0.05, 0) is 49.3 Å². The van der Waals surface area contributed by atoms with Gasteiger partial charge in [-0.2, -0.15) is 5.26 Å². The maximum absolute atomic E-state index is 12.7. The minimum Gasteiger partial charge on any atom is -0.343 e. The van der Waals surface area contributed by atoms with Crippen molar-refractivity contribution in [3.63, 3.8) is 0 Å². The van der Waals surface area contributed by atoms with E-state index in [9.17, 15) is 13.2 Å². The number of thioether (sulfide) groups is 1. The highest BCUT2D eigenvalue weighted by Crippen LogP contribution is 2.33. The number of hydrogen-bond donors (Lipinski definition) is 1. The van der Waals surface area contributed by atoms with Gasteiger partial charge in [-0.15, -0.1) is 11.8 Å². The lowest BCUT2D eigenvalue weighted by Gasteiger charge is -2.30. The molecule has 2 atom stereocenters. The third-order valence-corrected chi connectivity index (χ3v) is 7.04. The summed E-state index contributed by atoms with van der Waals surface area (Å²) in [6, 6.07) is 8.75. The molecule has 1 fully saturated rings. The average Bonchev–Trinajstić information content (AvgIpc) is 2.60. The van der Waals surface area contributed by atoms with Crippen LogP contribution >= 0.6 is 11.8 Å². The summed E-state index contributed by atoms with van der Waals surface area (Å²) in [4.78, 5) is 13.5. The smallest absolute Gasteiger partial charge is 0.224 e. The van der Waals surface area contributed by atoms with E-state index in [4.69, 9.17) is 5.26 Å². The van der Waals surface area contributed by atoms with Gasteiger partial charge in [0.2, 0.25) is 5.91 Å². The van der Waals surface area contributed by atoms with Gasteiger partial charge >= 0.3 is 0 Å². The number of sulfone groups is 1. The third kappa shape index (κ3) is 4.74. The molecule has 0 saturated heterocycles. The fourth-order valence-corrected chi connectivity index (χ4v) is 5.29. The Morgan fingerprint density at radius 2 is 1.96 bits per heavy atom. The van der Waals surface area contributed by atoms with Crippen LogP contribution in [0.25, 0.3) is 0 Å². The fraction of sp³-hybridized carbons (Fsp3) is 0.529. The molecule has 1 saturated carbocycles. The van der Waals surface area contributed by atoms with Crippen molar-refractivity contribution in [1.29, 1.82) is 5.26 Å². The molecule has 0 bridgehead atoms. The van der Waals surface area contributed by atoms with E-state index in [2.05, 4.69) is 5.32 Å². The number of carbonyl (C=O) groups is 1. The molecule has 2 rings (SSSR count). The molecule has 0 aromatic heterocycles. The van der Waals surface area contributed by atoms with E-state index in [1.165, 1.54) is 0 Å². The van der Waals surface area contributed by atoms with Crippen molar-refractivity contribution in [2.75, 3.05) is 18.6 Å². The van der Waals surface area contributed by atoms with Crippen LogP contribution in [0.2, 0.25) is 0 Å². The zero-order chi connectivity index (χ0) is 17.6. The first-order chi connectivity index (χ1) is 11.5. The quantitative estimate of drug-likeness (QED) is 0.618. The Hall–Kier alpha value is -1.52. The summed E-state index contributed by atoms with van der Waals surface area (Å²) in [5, 5.41) is 11.2. The van der Waals surface area contributed by atoms with Crippen molar-refractivity contribution in [3.8, 4) is 6.07 Å². The SMILES string of the molecule is CSc1ccc(S(=O)(=O)C[C@H]2CCCC[C@H]2C(=O)NCC#N)cc1. The third-order valence-electron chi connectivity index (χ3n) is 4.44. The van der Waals surface area contributed by atoms with Crippen molar-refractivity contribution in [3.05, 3.63) is 24.3 Å². The summed E-state index contributed by atoms with van der Waals surface area (Å²) < 4.78 is 25.4. The summed E-state index contributed by atoms with van der Waals surface area (Å²) in [6.45, 7) is -0.0368. The van der Waals surface area contributed by atoms with E-state index < -0.39 is 9.84 Å². The van der Waals surface area contributed by atoms with Crippen LogP contribution in [-0.2, 0) is 14.6 Å². The average molecular weight is 367 g/mol. The van der Waals surface area contributed by atoms with Gasteiger partial charge in [0.25, 0.3) is 0 Å². The minimum atomic E-state index is -3.43. The van der Waals surface area contributed by atoms with Crippen molar-refractivity contribution < 1.29 is 13.2 Å². The lowest BCUT2D eigenvalue weighted by atomic mass is 9.80. The molecule has 5 nitrogen and oxygen atoms in total. The second kappa shape index (κ2) is 8.54. The number of nitrogens with one attached hydrogen (secondary N) is 1. The number of nitriles is 1. The van der Waals surface area contributed by atoms with Crippen molar-refractivity contribution in [2.24, 2.45) is 11.8 Å². The van der Waals surface area contributed by atoms with Gasteiger partial charge in [0.05, 0.1) is 16.7 Å². The van der Waals surface area contributed by atoms with Crippen LogP contribution in [0, 0.1) is 23.2 Å². The Morgan fingerprint density at radius 1 is 1.29 bits per heavy atom. The number of benzene rings is 1. The molecule has 1 aliphatic rings. The van der Waals surface area contributed by atoms with Gasteiger partial charge in [-0.25, -0.2) is 8.42 Å². The number of carbonyl (C=O) groups excluding carboxylic acids is 1. The Kier molecular flexibility index (Phi) is 6.69. The van der Waals surface area contributed by atoms with Crippen molar-refractivity contribution in [2.45, 2.75) is 35.5 Å². The first kappa shape index (κ1) is 18.8. The molecular formula is C17H22N2O3S2. The molecule has 7 heteroatoms. The lowest BCUT2D eigenvalue weighted by molar-refractivity contribution is -0.127. The van der Waals surface area contributed by atoms with Crippen LogP contribution in [0.5, 0.6) is 0 Å². The minimum absolute atomic E-state index is 0.0176. The number of amides is 1. The molecule has 0 unspecified atom stereocenters. The van der Waals surface area contributed by atoms with E-state index >= 15 is 0 Å². The van der Waals surface area contributed by atoms with Gasteiger partial charge in [0.15, 0.2) is 9.84 Å². The maximum Gasteiger partial charge on any atom is 0.224 e. The van der Waals surface area contributed by atoms with Gasteiger partial charge in [0.1, 0.15) is 6.54 Å². The lowest BCUT2D eigenvalue weighted by Crippen LogP contribution is -2.39. The summed E-state index contributed by atoms with van der Waals surface area (Å²) in [5.41, 5.74) is 0. The molecule has 0 radical (unpaired) electrons. The van der Waals surface area contributed by atoms with Crippen LogP contribution in [0.1, 0.15) is 25.7 Å². The maximum atomic E-state index is 12.7. The molecule has 0 spiro atoms. The first-order valence-corrected chi connectivity index (χ1v) is 10.9. The van der Waals surface area contributed by atoms with Crippen molar-refractivity contribution in [1.82, 2.24) is 5.32 Å². The molecule has 130 valence electrons. The molecular weight excluding hydrogens is 344 g/mol. The van der Waals surface area contributed by atoms with Gasteiger partial charge < -0.3 is 5.32 Å². The predicted molar refractivity (Wildman–Crippen MR) is 94.3 cm³/mol. The predicted octanol–water partition coefficient (Wildman–Crippen LogP) is 2.63. The summed E-state index contributed by atoms with van der Waals surface area (Å²) in [5.74, 6) is -0.736. The Labute approximate surface area is 147 Å². The molecule has 24 heavy (non-hydrogen) atoms. The first-order valence-electron chi connectivity index (χ1n) is 7.99. The number of hydrogen-bond acceptors (Lipinski definition) is 5. The van der Waals surface area contributed by atoms with Crippen molar-refractivity contribution >= 4 is 27.5 Å². The van der Waals surface area contributed by atoms with Crippen LogP contribution in [0.4, 0.5) is 0 Å². The molecule has 1 aliphatic carbocycles. The normalized spacial score (nSPS) is 21.0. The molecule has 1 N–H and O–H groups in total. The van der Waals surface area contributed by atoms with Crippen LogP contribution in [-0.4, -0.2) is 32.9 Å². The highest BCUT2D eigenvalue weighted by Gasteiger charge is 2.34. The molecule has 1 amide bonds. The monoisotopic (exact) mass is 366 g/mol. The summed E-state index contributed by atoms with van der Waals surface area (Å²) >= 11 is 1.56. The van der Waals surface area contributed by atoms with E-state index in [0.29, 0.717) is 11.3 Å². The topological polar surface area (TPSA) is 87.0 Å². The standard InChI is InChI=1S/C17H22N2O3S2/c1-23-14-6-8-15(9-7-14)24(21,22)12-13-4-2-3-5-16(13)17(20)19-11-10-18/h6-9,13,16H,2-5,11-12H2,1H3,(H,19,20)/t13-,16-/m1/s1. The van der Waals surface area contributed by atoms with Gasteiger partial charge in [0, 0.05) is 10.8 Å². The number of rotatable bonds is 6. The molecule has 1 aromatic carbocycles. The Balaban J connectivity index is 2.13. The molecule has 1 aromatic rings. The highest BCUT2D eigenvalue weighted by atomic mass is 32.2. The fourth-order valence-electron chi connectivity index (χ4n) is 3.17. The summed E-state index contributed by atoms with van der Waals surface area (Å²) in [6.07, 6.45) is 5.21. The zero-order valence-electron chi connectivity index (χ0n) is 13.7. The van der Waals surface area contributed by atoms with Crippen LogP contribution < -0.4 is 5.32 Å². The molecule has 0 heterocycles. The second-order valence-corrected chi connectivity index (χ2v) is 8.90. The number of nitrogens with zero attached hydrogens (tertiary/aromatic N) is 1. The summed E-state index contributed by atoms with van der Waals surface area (Å²) in [7, 11) is -3.43. The highest BCUT2D eigenvalue weighted by molar-refractivity contribution is 7.98. The van der Waals surface area contributed by atoms with E-state index in [0.717, 1.165) is 24.2 Å². The Bertz CT molecular complexity index is 708. The van der Waals surface area contributed by atoms with Gasteiger partial charge in [-0.1, -0.05) is 12.8 Å². The van der Waals surface area contributed by atoms with E-state index in [1.54, 1.807) is 36.0 Å². The zero-order valence-corrected chi connectivity index (χ0v) is 15.3. The van der Waals surface area contributed by atoms with E-state index in [1.807, 2.05) is 12.3 Å². The van der Waals surface area contributed by atoms with Crippen LogP contribution in [0.15, 0.2) is 34.1 Å². The molecule has 0 aliphatic heterocycles. The Morgan fingerprint density at radius 3 is 2.58 bits per heavy atom. The van der Waals surface area contributed by atoms with Crippen LogP contribution in [0.3, 0.4) is 0 Å².